The van der Waals surface area contributed by atoms with Crippen molar-refractivity contribution < 1.29 is 4.79 Å². The van der Waals surface area contributed by atoms with Crippen molar-refractivity contribution in [2.24, 2.45) is 0 Å². The quantitative estimate of drug-likeness (QED) is 0.651. The minimum atomic E-state index is -0.153. The highest BCUT2D eigenvalue weighted by atomic mass is 16.2. The van der Waals surface area contributed by atoms with Gasteiger partial charge in [-0.2, -0.15) is 0 Å². The molecule has 1 fully saturated rings. The highest BCUT2D eigenvalue weighted by Gasteiger charge is 2.26. The van der Waals surface area contributed by atoms with Gasteiger partial charge in [-0.05, 0) is 31.9 Å². The molecule has 3 heterocycles. The molecule has 144 valence electrons. The summed E-state index contributed by atoms with van der Waals surface area (Å²) in [6.07, 6.45) is 5.15. The molecule has 1 aromatic carbocycles. The molecular weight excluding hydrogens is 356 g/mol. The molecule has 8 nitrogen and oxygen atoms in total. The number of aromatic nitrogens is 4. The van der Waals surface area contributed by atoms with Crippen molar-refractivity contribution >= 4 is 11.7 Å². The van der Waals surface area contributed by atoms with Gasteiger partial charge in [-0.15, -0.1) is 0 Å². The standard InChI is InChI=1S/C20H22N6O2/c1-13-23-17(9-19(27)24-13)15-5-3-7-26(11-15)20(28)25-16-6-2-4-14(8-16)18-10-21-12-22-18/h2,4,6,8-10,12,15H,3,5,7,11H2,1H3,(H,21,22)(H,25,28)(H,23,24,27)/t15-/m0/s1. The first-order valence-corrected chi connectivity index (χ1v) is 9.31. The fourth-order valence-electron chi connectivity index (χ4n) is 3.60. The van der Waals surface area contributed by atoms with Crippen LogP contribution >= 0.6 is 0 Å². The Balaban J connectivity index is 1.46. The van der Waals surface area contributed by atoms with Crippen LogP contribution in [0.15, 0.2) is 47.7 Å². The average Bonchev–Trinajstić information content (AvgIpc) is 3.22. The summed E-state index contributed by atoms with van der Waals surface area (Å²) in [7, 11) is 0. The maximum atomic E-state index is 12.8. The second-order valence-electron chi connectivity index (χ2n) is 7.02. The average molecular weight is 378 g/mol. The Bertz CT molecular complexity index is 1030. The third-order valence-electron chi connectivity index (χ3n) is 4.93. The van der Waals surface area contributed by atoms with E-state index in [1.807, 2.05) is 24.3 Å². The molecule has 0 saturated carbocycles. The number of H-pyrrole nitrogens is 2. The maximum absolute atomic E-state index is 12.8. The number of carbonyl (C=O) groups is 1. The van der Waals surface area contributed by atoms with Crippen LogP contribution in [0.2, 0.25) is 0 Å². The van der Waals surface area contributed by atoms with Crippen LogP contribution in [0, 0.1) is 6.92 Å². The number of imidazole rings is 1. The predicted molar refractivity (Wildman–Crippen MR) is 106 cm³/mol. The Morgan fingerprint density at radius 3 is 3.00 bits per heavy atom. The fourth-order valence-corrected chi connectivity index (χ4v) is 3.60. The Hall–Kier alpha value is -3.42. The van der Waals surface area contributed by atoms with Crippen molar-refractivity contribution in [3.8, 4) is 11.3 Å². The molecule has 1 saturated heterocycles. The number of hydrogen-bond acceptors (Lipinski definition) is 4. The Morgan fingerprint density at radius 1 is 1.32 bits per heavy atom. The largest absolute Gasteiger partial charge is 0.345 e. The van der Waals surface area contributed by atoms with E-state index in [2.05, 4.69) is 25.3 Å². The third-order valence-corrected chi connectivity index (χ3v) is 4.93. The summed E-state index contributed by atoms with van der Waals surface area (Å²) in [5.74, 6) is 0.663. The van der Waals surface area contributed by atoms with Crippen LogP contribution in [0.1, 0.15) is 30.3 Å². The Morgan fingerprint density at radius 2 is 2.21 bits per heavy atom. The number of benzene rings is 1. The molecule has 1 aliphatic rings. The van der Waals surface area contributed by atoms with Gasteiger partial charge in [-0.1, -0.05) is 12.1 Å². The van der Waals surface area contributed by atoms with Crippen LogP contribution in [0.4, 0.5) is 10.5 Å². The van der Waals surface area contributed by atoms with Gasteiger partial charge in [0.05, 0.1) is 23.9 Å². The second-order valence-corrected chi connectivity index (χ2v) is 7.02. The number of aromatic amines is 2. The molecule has 8 heteroatoms. The highest BCUT2D eigenvalue weighted by molar-refractivity contribution is 5.90. The molecule has 28 heavy (non-hydrogen) atoms. The summed E-state index contributed by atoms with van der Waals surface area (Å²) in [6.45, 7) is 3.00. The van der Waals surface area contributed by atoms with Gasteiger partial charge in [0, 0.05) is 36.3 Å². The van der Waals surface area contributed by atoms with Crippen molar-refractivity contribution in [3.63, 3.8) is 0 Å². The van der Waals surface area contributed by atoms with Crippen molar-refractivity contribution in [1.29, 1.82) is 0 Å². The Labute approximate surface area is 162 Å². The van der Waals surface area contributed by atoms with Crippen LogP contribution in [0.3, 0.4) is 0 Å². The van der Waals surface area contributed by atoms with Crippen molar-refractivity contribution in [1.82, 2.24) is 24.8 Å². The van der Waals surface area contributed by atoms with Gasteiger partial charge in [0.2, 0.25) is 0 Å². The molecule has 0 bridgehead atoms. The number of piperidine rings is 1. The number of anilines is 1. The summed E-state index contributed by atoms with van der Waals surface area (Å²) in [4.78, 5) is 40.5. The molecule has 3 aromatic rings. The zero-order valence-corrected chi connectivity index (χ0v) is 15.6. The van der Waals surface area contributed by atoms with Gasteiger partial charge in [-0.3, -0.25) is 4.79 Å². The van der Waals surface area contributed by atoms with E-state index < -0.39 is 0 Å². The monoisotopic (exact) mass is 378 g/mol. The van der Waals surface area contributed by atoms with Gasteiger partial charge >= 0.3 is 6.03 Å². The van der Waals surface area contributed by atoms with E-state index in [1.54, 1.807) is 24.3 Å². The molecule has 2 amide bonds. The van der Waals surface area contributed by atoms with Crippen LogP contribution in [-0.2, 0) is 0 Å². The van der Waals surface area contributed by atoms with Crippen molar-refractivity contribution in [2.75, 3.05) is 18.4 Å². The van der Waals surface area contributed by atoms with Gasteiger partial charge < -0.3 is 20.2 Å². The van der Waals surface area contributed by atoms with E-state index in [-0.39, 0.29) is 17.5 Å². The van der Waals surface area contributed by atoms with Crippen LogP contribution in [0.5, 0.6) is 0 Å². The van der Waals surface area contributed by atoms with E-state index >= 15 is 0 Å². The normalized spacial score (nSPS) is 16.8. The van der Waals surface area contributed by atoms with Crippen molar-refractivity contribution in [3.05, 3.63) is 64.7 Å². The van der Waals surface area contributed by atoms with E-state index in [0.29, 0.717) is 18.9 Å². The zero-order valence-electron chi connectivity index (χ0n) is 15.6. The predicted octanol–water partition coefficient (Wildman–Crippen LogP) is 2.88. The molecule has 1 aliphatic heterocycles. The minimum Gasteiger partial charge on any atom is -0.345 e. The first-order chi connectivity index (χ1) is 13.6. The van der Waals surface area contributed by atoms with Crippen molar-refractivity contribution in [2.45, 2.75) is 25.7 Å². The topological polar surface area (TPSA) is 107 Å². The number of hydrogen-bond donors (Lipinski definition) is 3. The number of rotatable bonds is 3. The van der Waals surface area contributed by atoms with Gasteiger partial charge in [0.1, 0.15) is 5.82 Å². The number of aryl methyl sites for hydroxylation is 1. The van der Waals surface area contributed by atoms with Crippen LogP contribution < -0.4 is 10.9 Å². The van der Waals surface area contributed by atoms with Crippen LogP contribution in [-0.4, -0.2) is 44.0 Å². The first kappa shape index (κ1) is 18.0. The SMILES string of the molecule is Cc1nc([C@H]2CCCN(C(=O)Nc3cccc(-c4cnc[nH]4)c3)C2)cc(=O)[nH]1. The van der Waals surface area contributed by atoms with E-state index in [4.69, 9.17) is 0 Å². The smallest absolute Gasteiger partial charge is 0.321 e. The summed E-state index contributed by atoms with van der Waals surface area (Å²) < 4.78 is 0. The molecular formula is C20H22N6O2. The van der Waals surface area contributed by atoms with Gasteiger partial charge in [0.15, 0.2) is 0 Å². The molecule has 0 aliphatic carbocycles. The molecule has 1 atom stereocenters. The summed E-state index contributed by atoms with van der Waals surface area (Å²) >= 11 is 0. The molecule has 0 unspecified atom stereocenters. The Kier molecular flexibility index (Phi) is 4.92. The summed E-state index contributed by atoms with van der Waals surface area (Å²) in [5.41, 5.74) is 3.17. The van der Waals surface area contributed by atoms with Gasteiger partial charge in [0.25, 0.3) is 5.56 Å². The lowest BCUT2D eigenvalue weighted by molar-refractivity contribution is 0.192. The lowest BCUT2D eigenvalue weighted by Gasteiger charge is -2.32. The number of nitrogens with one attached hydrogen (secondary N) is 3. The van der Waals surface area contributed by atoms with E-state index in [9.17, 15) is 9.59 Å². The van der Waals surface area contributed by atoms with E-state index in [0.717, 1.165) is 35.5 Å². The number of amides is 2. The third kappa shape index (κ3) is 3.95. The molecule has 3 N–H and O–H groups in total. The summed E-state index contributed by atoms with van der Waals surface area (Å²) in [5, 5.41) is 2.97. The lowest BCUT2D eigenvalue weighted by atomic mass is 9.94. The first-order valence-electron chi connectivity index (χ1n) is 9.31. The highest BCUT2D eigenvalue weighted by Crippen LogP contribution is 2.26. The number of urea groups is 1. The van der Waals surface area contributed by atoms with E-state index in [1.165, 1.54) is 6.07 Å². The number of nitrogens with zero attached hydrogens (tertiary/aromatic N) is 3. The molecule has 2 aromatic heterocycles. The maximum Gasteiger partial charge on any atom is 0.321 e. The zero-order chi connectivity index (χ0) is 19.5. The fraction of sp³-hybridized carbons (Fsp3) is 0.300. The van der Waals surface area contributed by atoms with Crippen LogP contribution in [0.25, 0.3) is 11.3 Å². The second kappa shape index (κ2) is 7.67. The number of likely N-dealkylation sites (tertiary alicyclic amines) is 1. The minimum absolute atomic E-state index is 0.0665. The number of carbonyl (C=O) groups excluding carboxylic acids is 1. The molecule has 4 rings (SSSR count). The molecule has 0 radical (unpaired) electrons. The molecule has 0 spiro atoms. The lowest BCUT2D eigenvalue weighted by Crippen LogP contribution is -2.42. The van der Waals surface area contributed by atoms with Gasteiger partial charge in [-0.25, -0.2) is 14.8 Å². The summed E-state index contributed by atoms with van der Waals surface area (Å²) in [6, 6.07) is 9.02.